The molecule has 0 fully saturated rings. The van der Waals surface area contributed by atoms with Gasteiger partial charge in [-0.3, -0.25) is 0 Å². The maximum atomic E-state index is 4.05. The van der Waals surface area contributed by atoms with Gasteiger partial charge >= 0.3 is 0 Å². The Hall–Kier alpha value is -1.97. The minimum absolute atomic E-state index is 0.633. The van der Waals surface area contributed by atoms with Crippen molar-refractivity contribution in [2.45, 2.75) is 6.92 Å². The van der Waals surface area contributed by atoms with Gasteiger partial charge in [0.05, 0.1) is 17.7 Å². The van der Waals surface area contributed by atoms with Crippen molar-refractivity contribution in [1.82, 2.24) is 9.97 Å². The van der Waals surface area contributed by atoms with Crippen LogP contribution in [0.4, 0.5) is 11.5 Å². The number of rotatable bonds is 2. The lowest BCUT2D eigenvalue weighted by Gasteiger charge is -1.89. The van der Waals surface area contributed by atoms with Crippen molar-refractivity contribution in [1.29, 1.82) is 0 Å². The molecule has 1 aromatic heterocycles. The smallest absolute Gasteiger partial charge is 0.195 e. The first kappa shape index (κ1) is 8.62. The van der Waals surface area contributed by atoms with Gasteiger partial charge in [-0.05, 0) is 19.1 Å². The predicted molar refractivity (Wildman–Crippen MR) is 53.9 cm³/mol. The van der Waals surface area contributed by atoms with Crippen LogP contribution in [0.15, 0.2) is 46.9 Å². The SMILES string of the molecule is Cc1[nH]cnc1N=Nc1ccccc1. The van der Waals surface area contributed by atoms with Crippen LogP contribution in [0.1, 0.15) is 5.69 Å². The fourth-order valence-corrected chi connectivity index (χ4v) is 1.05. The van der Waals surface area contributed by atoms with Gasteiger partial charge in [0.2, 0.25) is 0 Å². The van der Waals surface area contributed by atoms with Crippen LogP contribution in [-0.2, 0) is 0 Å². The molecule has 0 aliphatic rings. The molecule has 1 aromatic carbocycles. The summed E-state index contributed by atoms with van der Waals surface area (Å²) in [7, 11) is 0. The zero-order chi connectivity index (χ0) is 9.80. The highest BCUT2D eigenvalue weighted by atomic mass is 15.2. The molecule has 0 unspecified atom stereocenters. The summed E-state index contributed by atoms with van der Waals surface area (Å²) >= 11 is 0. The molecule has 1 N–H and O–H groups in total. The number of H-pyrrole nitrogens is 1. The lowest BCUT2D eigenvalue weighted by Crippen LogP contribution is -1.68. The highest BCUT2D eigenvalue weighted by Gasteiger charge is 1.96. The average molecular weight is 186 g/mol. The van der Waals surface area contributed by atoms with E-state index in [2.05, 4.69) is 20.2 Å². The average Bonchev–Trinajstić information content (AvgIpc) is 2.63. The van der Waals surface area contributed by atoms with Gasteiger partial charge in [-0.1, -0.05) is 18.2 Å². The molecule has 4 nitrogen and oxygen atoms in total. The van der Waals surface area contributed by atoms with Gasteiger partial charge in [0, 0.05) is 0 Å². The summed E-state index contributed by atoms with van der Waals surface area (Å²) < 4.78 is 0. The van der Waals surface area contributed by atoms with Gasteiger partial charge in [-0.25, -0.2) is 4.98 Å². The molecule has 1 heterocycles. The first-order valence-electron chi connectivity index (χ1n) is 4.33. The Labute approximate surface area is 81.7 Å². The van der Waals surface area contributed by atoms with Crippen molar-refractivity contribution in [3.8, 4) is 0 Å². The Morgan fingerprint density at radius 3 is 2.57 bits per heavy atom. The van der Waals surface area contributed by atoms with E-state index in [1.165, 1.54) is 0 Å². The zero-order valence-electron chi connectivity index (χ0n) is 7.81. The van der Waals surface area contributed by atoms with E-state index >= 15 is 0 Å². The van der Waals surface area contributed by atoms with Gasteiger partial charge < -0.3 is 4.98 Å². The highest BCUT2D eigenvalue weighted by molar-refractivity contribution is 5.37. The minimum Gasteiger partial charge on any atom is -0.347 e. The third kappa shape index (κ3) is 1.85. The van der Waals surface area contributed by atoms with E-state index in [4.69, 9.17) is 0 Å². The first-order chi connectivity index (χ1) is 6.86. The third-order valence-corrected chi connectivity index (χ3v) is 1.82. The number of aromatic nitrogens is 2. The number of aromatic amines is 1. The van der Waals surface area contributed by atoms with Gasteiger partial charge in [0.15, 0.2) is 5.82 Å². The lowest BCUT2D eigenvalue weighted by molar-refractivity contribution is 1.16. The molecular formula is C10H10N4. The third-order valence-electron chi connectivity index (χ3n) is 1.82. The van der Waals surface area contributed by atoms with Gasteiger partial charge in [0.1, 0.15) is 0 Å². The van der Waals surface area contributed by atoms with Crippen molar-refractivity contribution < 1.29 is 0 Å². The van der Waals surface area contributed by atoms with Crippen LogP contribution >= 0.6 is 0 Å². The van der Waals surface area contributed by atoms with Crippen molar-refractivity contribution in [2.24, 2.45) is 10.2 Å². The van der Waals surface area contributed by atoms with E-state index < -0.39 is 0 Å². The summed E-state index contributed by atoms with van der Waals surface area (Å²) in [4.78, 5) is 6.95. The second-order valence-electron chi connectivity index (χ2n) is 2.89. The number of nitrogens with zero attached hydrogens (tertiary/aromatic N) is 3. The molecule has 0 amide bonds. The van der Waals surface area contributed by atoms with Crippen LogP contribution in [0.3, 0.4) is 0 Å². The summed E-state index contributed by atoms with van der Waals surface area (Å²) in [6, 6.07) is 9.58. The molecule has 2 aromatic rings. The molecule has 0 radical (unpaired) electrons. The van der Waals surface area contributed by atoms with Gasteiger partial charge in [-0.2, -0.15) is 0 Å². The van der Waals surface area contributed by atoms with E-state index in [1.54, 1.807) is 6.33 Å². The van der Waals surface area contributed by atoms with Gasteiger partial charge in [-0.15, -0.1) is 10.2 Å². The molecule has 0 aliphatic heterocycles. The van der Waals surface area contributed by atoms with Crippen LogP contribution in [0.2, 0.25) is 0 Å². The minimum atomic E-state index is 0.633. The molecule has 0 atom stereocenters. The largest absolute Gasteiger partial charge is 0.347 e. The molecule has 0 spiro atoms. The highest BCUT2D eigenvalue weighted by Crippen LogP contribution is 2.17. The molecule has 0 aliphatic carbocycles. The van der Waals surface area contributed by atoms with Crippen molar-refractivity contribution in [3.05, 3.63) is 42.4 Å². The Kier molecular flexibility index (Phi) is 2.36. The quantitative estimate of drug-likeness (QED) is 0.719. The zero-order valence-corrected chi connectivity index (χ0v) is 7.81. The van der Waals surface area contributed by atoms with Crippen LogP contribution in [0.5, 0.6) is 0 Å². The number of imidazole rings is 1. The summed E-state index contributed by atoms with van der Waals surface area (Å²) in [6.07, 6.45) is 1.61. The topological polar surface area (TPSA) is 53.4 Å². The standard InChI is InChI=1S/C10H10N4/c1-8-10(12-7-11-8)14-13-9-5-3-2-4-6-9/h2-7H,1H3,(H,11,12). The summed E-state index contributed by atoms with van der Waals surface area (Å²) in [5.41, 5.74) is 1.75. The number of azo groups is 1. The van der Waals surface area contributed by atoms with Crippen LogP contribution in [0.25, 0.3) is 0 Å². The molecular weight excluding hydrogens is 176 g/mol. The van der Waals surface area contributed by atoms with Crippen LogP contribution in [-0.4, -0.2) is 9.97 Å². The fraction of sp³-hybridized carbons (Fsp3) is 0.100. The second kappa shape index (κ2) is 3.83. The Balaban J connectivity index is 2.20. The molecule has 2 rings (SSSR count). The number of hydrogen-bond donors (Lipinski definition) is 1. The summed E-state index contributed by atoms with van der Waals surface area (Å²) in [6.45, 7) is 1.91. The molecule has 0 saturated heterocycles. The number of aryl methyl sites for hydroxylation is 1. The molecule has 70 valence electrons. The molecule has 14 heavy (non-hydrogen) atoms. The predicted octanol–water partition coefficient (Wildman–Crippen LogP) is 3.13. The number of nitrogens with one attached hydrogen (secondary N) is 1. The second-order valence-corrected chi connectivity index (χ2v) is 2.89. The molecule has 0 bridgehead atoms. The lowest BCUT2D eigenvalue weighted by atomic mass is 10.3. The maximum absolute atomic E-state index is 4.05. The van der Waals surface area contributed by atoms with E-state index in [1.807, 2.05) is 37.3 Å². The van der Waals surface area contributed by atoms with E-state index in [9.17, 15) is 0 Å². The van der Waals surface area contributed by atoms with Crippen LogP contribution < -0.4 is 0 Å². The van der Waals surface area contributed by atoms with E-state index in [0.29, 0.717) is 5.82 Å². The maximum Gasteiger partial charge on any atom is 0.195 e. The van der Waals surface area contributed by atoms with E-state index in [-0.39, 0.29) is 0 Å². The Morgan fingerprint density at radius 2 is 1.93 bits per heavy atom. The summed E-state index contributed by atoms with van der Waals surface area (Å²) in [5.74, 6) is 0.633. The van der Waals surface area contributed by atoms with Crippen molar-refractivity contribution in [3.63, 3.8) is 0 Å². The van der Waals surface area contributed by atoms with Gasteiger partial charge in [0.25, 0.3) is 0 Å². The Bertz CT molecular complexity index is 430. The summed E-state index contributed by atoms with van der Waals surface area (Å²) in [5, 5.41) is 8.07. The van der Waals surface area contributed by atoms with Crippen LogP contribution in [0, 0.1) is 6.92 Å². The monoisotopic (exact) mass is 186 g/mol. The fourth-order valence-electron chi connectivity index (χ4n) is 1.05. The van der Waals surface area contributed by atoms with Crippen molar-refractivity contribution in [2.75, 3.05) is 0 Å². The number of benzene rings is 1. The first-order valence-corrected chi connectivity index (χ1v) is 4.33. The normalized spacial score (nSPS) is 10.9. The van der Waals surface area contributed by atoms with E-state index in [0.717, 1.165) is 11.4 Å². The molecule has 4 heteroatoms. The van der Waals surface area contributed by atoms with Crippen molar-refractivity contribution >= 4 is 11.5 Å². The number of hydrogen-bond acceptors (Lipinski definition) is 3. The molecule has 0 saturated carbocycles. The Morgan fingerprint density at radius 1 is 1.14 bits per heavy atom.